The van der Waals surface area contributed by atoms with Crippen molar-refractivity contribution in [2.24, 2.45) is 11.8 Å². The Morgan fingerprint density at radius 2 is 1.47 bits per heavy atom. The minimum atomic E-state index is 1.03. The molecular weight excluding hydrogens is 299 g/mol. The minimum absolute atomic E-state index is 1.03. The predicted molar refractivity (Wildman–Crippen MR) is 73.2 cm³/mol. The fraction of sp³-hybridized carbons (Fsp3) is 1.00. The summed E-state index contributed by atoms with van der Waals surface area (Å²) in [5.74, 6) is 2.06. The predicted octanol–water partition coefficient (Wildman–Crippen LogP) is 2.78. The van der Waals surface area contributed by atoms with Crippen LogP contribution in [-0.4, -0.2) is 41.2 Å². The molecule has 2 rings (SSSR count). The molecule has 0 aromatic heterocycles. The third-order valence-corrected chi connectivity index (χ3v) is 5.11. The summed E-state index contributed by atoms with van der Waals surface area (Å²) in [4.78, 5) is 2.51. The summed E-state index contributed by atoms with van der Waals surface area (Å²) in [7, 11) is 2.27. The molecule has 88 valence electrons. The lowest BCUT2D eigenvalue weighted by Gasteiger charge is -2.33. The number of rotatable bonds is 1. The van der Waals surface area contributed by atoms with Crippen LogP contribution in [0.3, 0.4) is 0 Å². The molecule has 15 heavy (non-hydrogen) atoms. The molecule has 2 heterocycles. The second-order valence-corrected chi connectivity index (χ2v) is 6.61. The summed E-state index contributed by atoms with van der Waals surface area (Å²) in [6.45, 7) is 5.28. The number of piperidine rings is 1. The molecule has 0 spiro atoms. The van der Waals surface area contributed by atoms with E-state index >= 15 is 0 Å². The molecule has 0 N–H and O–H groups in total. The quantitative estimate of drug-likeness (QED) is 0.541. The van der Waals surface area contributed by atoms with Gasteiger partial charge >= 0.3 is 0 Å². The largest absolute Gasteiger partial charge is 0.306 e. The molecule has 2 nitrogen and oxygen atoms in total. The van der Waals surface area contributed by atoms with Gasteiger partial charge in [0.15, 0.2) is 0 Å². The van der Waals surface area contributed by atoms with Crippen molar-refractivity contribution in [2.45, 2.75) is 32.1 Å². The number of hydrogen-bond acceptors (Lipinski definition) is 2. The summed E-state index contributed by atoms with van der Waals surface area (Å²) >= 11 is 2.47. The van der Waals surface area contributed by atoms with Crippen LogP contribution in [0.25, 0.3) is 0 Å². The van der Waals surface area contributed by atoms with Gasteiger partial charge < -0.3 is 4.90 Å². The van der Waals surface area contributed by atoms with Crippen LogP contribution in [0, 0.1) is 11.8 Å². The molecule has 2 aliphatic rings. The van der Waals surface area contributed by atoms with E-state index in [0.29, 0.717) is 0 Å². The van der Waals surface area contributed by atoms with Gasteiger partial charge in [0, 0.05) is 36.0 Å². The summed E-state index contributed by atoms with van der Waals surface area (Å²) in [6.07, 6.45) is 7.24. The molecule has 0 aromatic carbocycles. The third-order valence-electron chi connectivity index (χ3n) is 4.15. The molecule has 2 saturated heterocycles. The Bertz CT molecular complexity index is 190. The van der Waals surface area contributed by atoms with E-state index in [0.717, 1.165) is 11.8 Å². The van der Waals surface area contributed by atoms with Gasteiger partial charge in [-0.25, -0.2) is 3.11 Å². The molecule has 1 unspecified atom stereocenters. The maximum absolute atomic E-state index is 2.51. The fourth-order valence-electron chi connectivity index (χ4n) is 3.08. The average Bonchev–Trinajstić information content (AvgIpc) is 2.44. The first-order valence-corrected chi connectivity index (χ1v) is 7.31. The van der Waals surface area contributed by atoms with E-state index in [-0.39, 0.29) is 0 Å². The minimum Gasteiger partial charge on any atom is -0.306 e. The van der Waals surface area contributed by atoms with E-state index in [1.54, 1.807) is 0 Å². The van der Waals surface area contributed by atoms with E-state index in [4.69, 9.17) is 0 Å². The molecule has 0 radical (unpaired) electrons. The number of likely N-dealkylation sites (tertiary alicyclic amines) is 1. The zero-order valence-electron chi connectivity index (χ0n) is 9.79. The smallest absolute Gasteiger partial charge is 0.0201 e. The second-order valence-electron chi connectivity index (χ2n) is 5.24. The van der Waals surface area contributed by atoms with Gasteiger partial charge in [-0.3, -0.25) is 0 Å². The van der Waals surface area contributed by atoms with Gasteiger partial charge in [-0.05, 0) is 64.1 Å². The highest BCUT2D eigenvalue weighted by Crippen LogP contribution is 2.32. The first-order chi connectivity index (χ1) is 7.25. The fourth-order valence-corrected chi connectivity index (χ4v) is 3.63. The first-order valence-electron chi connectivity index (χ1n) is 6.35. The summed E-state index contributed by atoms with van der Waals surface area (Å²) < 4.78 is 2.46. The van der Waals surface area contributed by atoms with E-state index in [9.17, 15) is 0 Å². The van der Waals surface area contributed by atoms with Gasteiger partial charge in [-0.2, -0.15) is 0 Å². The van der Waals surface area contributed by atoms with Crippen molar-refractivity contribution in [3.63, 3.8) is 0 Å². The monoisotopic (exact) mass is 322 g/mol. The van der Waals surface area contributed by atoms with Crippen LogP contribution < -0.4 is 0 Å². The molecule has 0 aliphatic carbocycles. The molecule has 0 bridgehead atoms. The third kappa shape index (κ3) is 3.56. The first kappa shape index (κ1) is 12.1. The van der Waals surface area contributed by atoms with Crippen LogP contribution in [0.2, 0.25) is 0 Å². The summed E-state index contributed by atoms with van der Waals surface area (Å²) in [5.41, 5.74) is 0. The average molecular weight is 322 g/mol. The SMILES string of the molecule is CN1CCCC(C2CCN(I)CC2)CC1. The van der Waals surface area contributed by atoms with Gasteiger partial charge in [0.1, 0.15) is 0 Å². The normalized spacial score (nSPS) is 32.8. The lowest BCUT2D eigenvalue weighted by Crippen LogP contribution is -2.30. The highest BCUT2D eigenvalue weighted by Gasteiger charge is 2.26. The Labute approximate surface area is 108 Å². The molecule has 2 aliphatic heterocycles. The van der Waals surface area contributed by atoms with Crippen molar-refractivity contribution in [3.8, 4) is 0 Å². The lowest BCUT2D eigenvalue weighted by molar-refractivity contribution is 0.207. The summed E-state index contributed by atoms with van der Waals surface area (Å²) in [6, 6.07) is 0. The van der Waals surface area contributed by atoms with Crippen LogP contribution in [0.1, 0.15) is 32.1 Å². The zero-order chi connectivity index (χ0) is 10.7. The number of hydrogen-bond donors (Lipinski definition) is 0. The van der Waals surface area contributed by atoms with Crippen LogP contribution >= 0.6 is 22.9 Å². The van der Waals surface area contributed by atoms with Crippen LogP contribution in [0.5, 0.6) is 0 Å². The standard InChI is InChI=1S/C12H23IN2/c1-14-7-2-3-11(4-8-14)12-5-9-15(13)10-6-12/h11-12H,2-10H2,1H3. The van der Waals surface area contributed by atoms with Gasteiger partial charge in [0.2, 0.25) is 0 Å². The van der Waals surface area contributed by atoms with Crippen LogP contribution in [0.4, 0.5) is 0 Å². The van der Waals surface area contributed by atoms with Crippen LogP contribution in [0.15, 0.2) is 0 Å². The Morgan fingerprint density at radius 1 is 0.867 bits per heavy atom. The van der Waals surface area contributed by atoms with E-state index in [2.05, 4.69) is 37.9 Å². The Morgan fingerprint density at radius 3 is 2.20 bits per heavy atom. The molecule has 0 saturated carbocycles. The Kier molecular flexibility index (Phi) is 4.70. The highest BCUT2D eigenvalue weighted by atomic mass is 127. The molecule has 0 aromatic rings. The molecular formula is C12H23IN2. The molecule has 0 amide bonds. The van der Waals surface area contributed by atoms with Crippen molar-refractivity contribution in [2.75, 3.05) is 33.2 Å². The Balaban J connectivity index is 1.82. The maximum atomic E-state index is 2.51. The zero-order valence-corrected chi connectivity index (χ0v) is 11.9. The summed E-state index contributed by atoms with van der Waals surface area (Å²) in [5, 5.41) is 0. The maximum Gasteiger partial charge on any atom is 0.0201 e. The number of nitrogens with zero attached hydrogens (tertiary/aromatic N) is 2. The molecule has 3 heteroatoms. The van der Waals surface area contributed by atoms with Gasteiger partial charge in [0.25, 0.3) is 0 Å². The van der Waals surface area contributed by atoms with Crippen molar-refractivity contribution < 1.29 is 0 Å². The van der Waals surface area contributed by atoms with E-state index < -0.39 is 0 Å². The number of halogens is 1. The van der Waals surface area contributed by atoms with Gasteiger partial charge in [-0.15, -0.1) is 0 Å². The van der Waals surface area contributed by atoms with E-state index in [1.807, 2.05) is 0 Å². The van der Waals surface area contributed by atoms with Gasteiger partial charge in [-0.1, -0.05) is 0 Å². The van der Waals surface area contributed by atoms with Crippen molar-refractivity contribution in [1.29, 1.82) is 0 Å². The highest BCUT2D eigenvalue weighted by molar-refractivity contribution is 14.1. The van der Waals surface area contributed by atoms with Crippen LogP contribution in [-0.2, 0) is 0 Å². The Hall–Kier alpha value is 0.650. The van der Waals surface area contributed by atoms with Crippen molar-refractivity contribution in [3.05, 3.63) is 0 Å². The van der Waals surface area contributed by atoms with Gasteiger partial charge in [0.05, 0.1) is 0 Å². The van der Waals surface area contributed by atoms with Crippen molar-refractivity contribution in [1.82, 2.24) is 8.01 Å². The molecule has 2 fully saturated rings. The van der Waals surface area contributed by atoms with Crippen molar-refractivity contribution >= 4 is 22.9 Å². The molecule has 1 atom stereocenters. The lowest BCUT2D eigenvalue weighted by atomic mass is 9.81. The second kappa shape index (κ2) is 5.82. The topological polar surface area (TPSA) is 6.48 Å². The van der Waals surface area contributed by atoms with E-state index in [1.165, 1.54) is 58.3 Å².